The summed E-state index contributed by atoms with van der Waals surface area (Å²) in [6.45, 7) is 3.33. The summed E-state index contributed by atoms with van der Waals surface area (Å²) in [5.41, 5.74) is 1.62. The molecule has 2 N–H and O–H groups in total. The molecular formula is C14H14N6O2S. The molecule has 2 heterocycles. The molecule has 118 valence electrons. The predicted molar refractivity (Wildman–Crippen MR) is 87.3 cm³/mol. The molecule has 0 atom stereocenters. The lowest BCUT2D eigenvalue weighted by molar-refractivity contribution is -0.117. The van der Waals surface area contributed by atoms with Gasteiger partial charge in [0, 0.05) is 12.6 Å². The number of thiazole rings is 1. The van der Waals surface area contributed by atoms with Gasteiger partial charge in [0.1, 0.15) is 6.54 Å². The Morgan fingerprint density at radius 1 is 1.30 bits per heavy atom. The summed E-state index contributed by atoms with van der Waals surface area (Å²) in [5.74, 6) is -0.161. The number of aryl methyl sites for hydroxylation is 1. The van der Waals surface area contributed by atoms with Crippen LogP contribution in [0.3, 0.4) is 0 Å². The number of rotatable bonds is 4. The van der Waals surface area contributed by atoms with E-state index in [4.69, 9.17) is 0 Å². The molecule has 0 saturated heterocycles. The third-order valence-electron chi connectivity index (χ3n) is 2.93. The standard InChI is InChI=1S/C14H14N6O2S/c1-8(21)15-13-6-20(19-18-13)7-14(22)17-10-3-4-11-12(5-10)23-9(2)16-11/h3-6H,7H2,1-2H3,(H,15,21)(H,17,22). The molecule has 0 radical (unpaired) electrons. The number of carbonyl (C=O) groups excluding carboxylic acids is 2. The van der Waals surface area contributed by atoms with Crippen molar-refractivity contribution in [3.05, 3.63) is 29.4 Å². The maximum absolute atomic E-state index is 12.1. The van der Waals surface area contributed by atoms with Crippen LogP contribution in [0, 0.1) is 6.92 Å². The Morgan fingerprint density at radius 2 is 2.13 bits per heavy atom. The van der Waals surface area contributed by atoms with E-state index in [1.54, 1.807) is 11.3 Å². The van der Waals surface area contributed by atoms with Crippen molar-refractivity contribution in [2.75, 3.05) is 10.6 Å². The van der Waals surface area contributed by atoms with Crippen molar-refractivity contribution in [2.24, 2.45) is 0 Å². The number of nitrogens with zero attached hydrogens (tertiary/aromatic N) is 4. The quantitative estimate of drug-likeness (QED) is 0.759. The van der Waals surface area contributed by atoms with Crippen LogP contribution in [0.15, 0.2) is 24.4 Å². The van der Waals surface area contributed by atoms with Crippen LogP contribution in [-0.2, 0) is 16.1 Å². The highest BCUT2D eigenvalue weighted by Gasteiger charge is 2.08. The number of amides is 2. The zero-order valence-electron chi connectivity index (χ0n) is 12.5. The second kappa shape index (κ2) is 6.13. The fourth-order valence-electron chi connectivity index (χ4n) is 2.08. The first-order valence-corrected chi connectivity index (χ1v) is 7.66. The molecule has 0 fully saturated rings. The predicted octanol–water partition coefficient (Wildman–Crippen LogP) is 1.79. The second-order valence-electron chi connectivity index (χ2n) is 4.95. The fraction of sp³-hybridized carbons (Fsp3) is 0.214. The highest BCUT2D eigenvalue weighted by molar-refractivity contribution is 7.18. The van der Waals surface area contributed by atoms with Crippen molar-refractivity contribution in [1.29, 1.82) is 0 Å². The number of hydrogen-bond acceptors (Lipinski definition) is 6. The number of nitrogens with one attached hydrogen (secondary N) is 2. The van der Waals surface area contributed by atoms with E-state index in [2.05, 4.69) is 25.9 Å². The molecule has 3 rings (SSSR count). The maximum Gasteiger partial charge on any atom is 0.246 e. The van der Waals surface area contributed by atoms with Crippen molar-refractivity contribution in [1.82, 2.24) is 20.0 Å². The van der Waals surface area contributed by atoms with Gasteiger partial charge in [-0.1, -0.05) is 5.21 Å². The zero-order valence-corrected chi connectivity index (χ0v) is 13.3. The molecule has 2 aromatic heterocycles. The van der Waals surface area contributed by atoms with Crippen LogP contribution in [0.25, 0.3) is 10.2 Å². The van der Waals surface area contributed by atoms with Crippen molar-refractivity contribution >= 4 is 44.9 Å². The summed E-state index contributed by atoms with van der Waals surface area (Å²) < 4.78 is 2.38. The minimum atomic E-state index is -0.241. The summed E-state index contributed by atoms with van der Waals surface area (Å²) in [5, 5.41) is 13.8. The first kappa shape index (κ1) is 15.1. The molecule has 0 aliphatic heterocycles. The molecule has 9 heteroatoms. The number of anilines is 2. The minimum Gasteiger partial charge on any atom is -0.324 e. The van der Waals surface area contributed by atoms with Gasteiger partial charge in [0.2, 0.25) is 11.8 Å². The minimum absolute atomic E-state index is 0.00629. The Hall–Kier alpha value is -2.81. The van der Waals surface area contributed by atoms with Gasteiger partial charge in [-0.25, -0.2) is 9.67 Å². The average Bonchev–Trinajstić information content (AvgIpc) is 3.03. The Balaban J connectivity index is 1.65. The van der Waals surface area contributed by atoms with Crippen molar-refractivity contribution in [3.8, 4) is 0 Å². The van der Waals surface area contributed by atoms with Crippen LogP contribution in [-0.4, -0.2) is 31.8 Å². The van der Waals surface area contributed by atoms with Gasteiger partial charge in [-0.3, -0.25) is 9.59 Å². The Morgan fingerprint density at radius 3 is 2.91 bits per heavy atom. The van der Waals surface area contributed by atoms with Crippen molar-refractivity contribution in [2.45, 2.75) is 20.4 Å². The van der Waals surface area contributed by atoms with Gasteiger partial charge in [-0.2, -0.15) is 0 Å². The fourth-order valence-corrected chi connectivity index (χ4v) is 2.94. The molecule has 0 aliphatic carbocycles. The van der Waals surface area contributed by atoms with Crippen LogP contribution in [0.4, 0.5) is 11.5 Å². The summed E-state index contributed by atoms with van der Waals surface area (Å²) in [7, 11) is 0. The average molecular weight is 330 g/mol. The molecule has 3 aromatic rings. The summed E-state index contributed by atoms with van der Waals surface area (Å²) >= 11 is 1.58. The number of benzene rings is 1. The Bertz CT molecular complexity index is 884. The van der Waals surface area contributed by atoms with Crippen molar-refractivity contribution < 1.29 is 9.59 Å². The lowest BCUT2D eigenvalue weighted by Gasteiger charge is -2.04. The number of aromatic nitrogens is 4. The van der Waals surface area contributed by atoms with E-state index in [0.717, 1.165) is 15.2 Å². The highest BCUT2D eigenvalue weighted by Crippen LogP contribution is 2.24. The van der Waals surface area contributed by atoms with Gasteiger partial charge < -0.3 is 10.6 Å². The molecule has 23 heavy (non-hydrogen) atoms. The van der Waals surface area contributed by atoms with Crippen molar-refractivity contribution in [3.63, 3.8) is 0 Å². The molecular weight excluding hydrogens is 316 g/mol. The highest BCUT2D eigenvalue weighted by atomic mass is 32.1. The maximum atomic E-state index is 12.1. The van der Waals surface area contributed by atoms with Crippen LogP contribution in [0.2, 0.25) is 0 Å². The molecule has 0 saturated carbocycles. The van der Waals surface area contributed by atoms with E-state index in [1.165, 1.54) is 17.8 Å². The largest absolute Gasteiger partial charge is 0.324 e. The lowest BCUT2D eigenvalue weighted by Crippen LogP contribution is -2.19. The third-order valence-corrected chi connectivity index (χ3v) is 3.86. The second-order valence-corrected chi connectivity index (χ2v) is 6.18. The third kappa shape index (κ3) is 3.69. The molecule has 0 bridgehead atoms. The van der Waals surface area contributed by atoms with Crippen LogP contribution < -0.4 is 10.6 Å². The normalized spacial score (nSPS) is 10.7. The molecule has 8 nitrogen and oxygen atoms in total. The molecule has 2 amide bonds. The summed E-state index contributed by atoms with van der Waals surface area (Å²) in [6, 6.07) is 5.57. The van der Waals surface area contributed by atoms with Crippen LogP contribution in [0.1, 0.15) is 11.9 Å². The molecule has 0 unspecified atom stereocenters. The van der Waals surface area contributed by atoms with E-state index in [-0.39, 0.29) is 18.4 Å². The van der Waals surface area contributed by atoms with Gasteiger partial charge in [-0.05, 0) is 25.1 Å². The number of fused-ring (bicyclic) bond motifs is 1. The topological polar surface area (TPSA) is 102 Å². The van der Waals surface area contributed by atoms with E-state index in [0.29, 0.717) is 11.5 Å². The summed E-state index contributed by atoms with van der Waals surface area (Å²) in [4.78, 5) is 27.4. The Kier molecular flexibility index (Phi) is 4.02. The van der Waals surface area contributed by atoms with Gasteiger partial charge in [0.15, 0.2) is 5.82 Å². The van der Waals surface area contributed by atoms with Crippen LogP contribution in [0.5, 0.6) is 0 Å². The van der Waals surface area contributed by atoms with Gasteiger partial charge in [0.25, 0.3) is 0 Å². The number of carbonyl (C=O) groups is 2. The van der Waals surface area contributed by atoms with Gasteiger partial charge in [0.05, 0.1) is 21.4 Å². The Labute approximate surface area is 135 Å². The monoisotopic (exact) mass is 330 g/mol. The molecule has 0 aliphatic rings. The molecule has 1 aromatic carbocycles. The van der Waals surface area contributed by atoms with E-state index >= 15 is 0 Å². The van der Waals surface area contributed by atoms with Gasteiger partial charge in [-0.15, -0.1) is 16.4 Å². The first-order valence-electron chi connectivity index (χ1n) is 6.84. The smallest absolute Gasteiger partial charge is 0.246 e. The SMILES string of the molecule is CC(=O)Nc1cn(CC(=O)Nc2ccc3nc(C)sc3c2)nn1. The zero-order chi connectivity index (χ0) is 16.4. The van der Waals surface area contributed by atoms with E-state index < -0.39 is 0 Å². The van der Waals surface area contributed by atoms with Gasteiger partial charge >= 0.3 is 0 Å². The summed E-state index contributed by atoms with van der Waals surface area (Å²) in [6.07, 6.45) is 1.50. The first-order chi connectivity index (χ1) is 11.0. The van der Waals surface area contributed by atoms with Crippen LogP contribution >= 0.6 is 11.3 Å². The van der Waals surface area contributed by atoms with E-state index in [9.17, 15) is 9.59 Å². The van der Waals surface area contributed by atoms with E-state index in [1.807, 2.05) is 25.1 Å². The number of hydrogen-bond donors (Lipinski definition) is 2. The lowest BCUT2D eigenvalue weighted by atomic mass is 10.3. The molecule has 0 spiro atoms.